The quantitative estimate of drug-likeness (QED) is 0.913. The van der Waals surface area contributed by atoms with Crippen molar-refractivity contribution in [3.63, 3.8) is 0 Å². The zero-order valence-corrected chi connectivity index (χ0v) is 12.0. The second-order valence-electron chi connectivity index (χ2n) is 4.68. The molecule has 2 heterocycles. The van der Waals surface area contributed by atoms with Gasteiger partial charge in [-0.1, -0.05) is 11.6 Å². The molecule has 0 aromatic carbocycles. The first-order valence-electron chi connectivity index (χ1n) is 6.15. The van der Waals surface area contributed by atoms with Crippen LogP contribution in [0.2, 0.25) is 5.02 Å². The van der Waals surface area contributed by atoms with Gasteiger partial charge < -0.3 is 10.0 Å². The zero-order valence-electron chi connectivity index (χ0n) is 11.3. The van der Waals surface area contributed by atoms with Crippen molar-refractivity contribution < 1.29 is 9.50 Å². The highest BCUT2D eigenvalue weighted by Gasteiger charge is 2.23. The van der Waals surface area contributed by atoms with Crippen LogP contribution in [0, 0.1) is 5.82 Å². The normalized spacial score (nSPS) is 12.9. The first-order valence-corrected chi connectivity index (χ1v) is 6.53. The van der Waals surface area contributed by atoms with Crippen LogP contribution in [0.25, 0.3) is 0 Å². The van der Waals surface area contributed by atoms with E-state index < -0.39 is 11.9 Å². The minimum atomic E-state index is -1.24. The third-order valence-corrected chi connectivity index (χ3v) is 3.19. The summed E-state index contributed by atoms with van der Waals surface area (Å²) in [4.78, 5) is 5.86. The molecule has 5 nitrogen and oxygen atoms in total. The Balaban J connectivity index is 2.32. The maximum absolute atomic E-state index is 13.7. The van der Waals surface area contributed by atoms with Crippen molar-refractivity contribution in [2.75, 3.05) is 20.6 Å². The summed E-state index contributed by atoms with van der Waals surface area (Å²) in [6.07, 6.45) is 1.63. The van der Waals surface area contributed by atoms with Gasteiger partial charge in [0.1, 0.15) is 17.6 Å². The zero-order chi connectivity index (χ0) is 14.7. The minimum absolute atomic E-state index is 0.0546. The number of halogens is 2. The van der Waals surface area contributed by atoms with Gasteiger partial charge in [0.2, 0.25) is 0 Å². The SMILES string of the molecule is CN(C)CCn1ncc(Cl)c1C(O)c1ncccc1F. The summed E-state index contributed by atoms with van der Waals surface area (Å²) < 4.78 is 15.3. The molecule has 0 aliphatic heterocycles. The van der Waals surface area contributed by atoms with Gasteiger partial charge in [-0.15, -0.1) is 0 Å². The van der Waals surface area contributed by atoms with Gasteiger partial charge in [-0.3, -0.25) is 9.67 Å². The van der Waals surface area contributed by atoms with Gasteiger partial charge in [-0.05, 0) is 26.2 Å². The van der Waals surface area contributed by atoms with E-state index in [-0.39, 0.29) is 5.69 Å². The fourth-order valence-electron chi connectivity index (χ4n) is 1.85. The molecule has 2 aromatic rings. The average Bonchev–Trinajstić information content (AvgIpc) is 2.77. The van der Waals surface area contributed by atoms with E-state index in [1.807, 2.05) is 19.0 Å². The Labute approximate surface area is 121 Å². The van der Waals surface area contributed by atoms with Crippen LogP contribution < -0.4 is 0 Å². The number of aliphatic hydroxyl groups is 1. The molecule has 108 valence electrons. The van der Waals surface area contributed by atoms with Gasteiger partial charge in [0.25, 0.3) is 0 Å². The molecule has 0 spiro atoms. The lowest BCUT2D eigenvalue weighted by molar-refractivity contribution is 0.195. The summed E-state index contributed by atoms with van der Waals surface area (Å²) in [6.45, 7) is 1.27. The van der Waals surface area contributed by atoms with E-state index in [9.17, 15) is 9.50 Å². The molecular formula is C13H16ClFN4O. The molecule has 0 amide bonds. The number of pyridine rings is 1. The molecule has 2 aromatic heterocycles. The lowest BCUT2D eigenvalue weighted by Crippen LogP contribution is -2.21. The minimum Gasteiger partial charge on any atom is -0.380 e. The van der Waals surface area contributed by atoms with Gasteiger partial charge in [-0.25, -0.2) is 4.39 Å². The predicted molar refractivity (Wildman–Crippen MR) is 74.0 cm³/mol. The Morgan fingerprint density at radius 3 is 2.90 bits per heavy atom. The van der Waals surface area contributed by atoms with Gasteiger partial charge in [0.15, 0.2) is 0 Å². The van der Waals surface area contributed by atoms with Crippen molar-refractivity contribution in [1.82, 2.24) is 19.7 Å². The highest BCUT2D eigenvalue weighted by molar-refractivity contribution is 6.31. The molecular weight excluding hydrogens is 283 g/mol. The molecule has 0 radical (unpaired) electrons. The van der Waals surface area contributed by atoms with E-state index >= 15 is 0 Å². The molecule has 1 N–H and O–H groups in total. The lowest BCUT2D eigenvalue weighted by atomic mass is 10.1. The van der Waals surface area contributed by atoms with Crippen LogP contribution in [0.15, 0.2) is 24.5 Å². The van der Waals surface area contributed by atoms with E-state index in [0.29, 0.717) is 17.3 Å². The Morgan fingerprint density at radius 2 is 2.25 bits per heavy atom. The van der Waals surface area contributed by atoms with Gasteiger partial charge in [-0.2, -0.15) is 5.10 Å². The summed E-state index contributed by atoms with van der Waals surface area (Å²) >= 11 is 6.05. The van der Waals surface area contributed by atoms with E-state index in [4.69, 9.17) is 11.6 Å². The van der Waals surface area contributed by atoms with Crippen molar-refractivity contribution in [2.24, 2.45) is 0 Å². The second kappa shape index (κ2) is 6.30. The van der Waals surface area contributed by atoms with Crippen LogP contribution in [0.1, 0.15) is 17.5 Å². The molecule has 20 heavy (non-hydrogen) atoms. The predicted octanol–water partition coefficient (Wildman–Crippen LogP) is 1.71. The molecule has 1 unspecified atom stereocenters. The number of rotatable bonds is 5. The fraction of sp³-hybridized carbons (Fsp3) is 0.385. The molecule has 0 saturated heterocycles. The smallest absolute Gasteiger partial charge is 0.147 e. The maximum atomic E-state index is 13.7. The molecule has 0 saturated carbocycles. The first kappa shape index (κ1) is 14.9. The Kier molecular flexibility index (Phi) is 4.69. The van der Waals surface area contributed by atoms with Crippen molar-refractivity contribution in [1.29, 1.82) is 0 Å². The van der Waals surface area contributed by atoms with E-state index in [1.165, 1.54) is 24.5 Å². The summed E-state index contributed by atoms with van der Waals surface area (Å²) in [5.74, 6) is -0.573. The third kappa shape index (κ3) is 3.15. The van der Waals surface area contributed by atoms with Gasteiger partial charge in [0, 0.05) is 12.7 Å². The van der Waals surface area contributed by atoms with Crippen LogP contribution in [-0.2, 0) is 6.54 Å². The molecule has 0 bridgehead atoms. The van der Waals surface area contributed by atoms with Crippen LogP contribution >= 0.6 is 11.6 Å². The number of likely N-dealkylation sites (N-methyl/N-ethyl adjacent to an activating group) is 1. The van der Waals surface area contributed by atoms with Gasteiger partial charge >= 0.3 is 0 Å². The largest absolute Gasteiger partial charge is 0.380 e. The number of nitrogens with zero attached hydrogens (tertiary/aromatic N) is 4. The van der Waals surface area contributed by atoms with Crippen LogP contribution in [0.4, 0.5) is 4.39 Å². The van der Waals surface area contributed by atoms with E-state index in [1.54, 1.807) is 4.68 Å². The van der Waals surface area contributed by atoms with Gasteiger partial charge in [0.05, 0.1) is 23.5 Å². The number of hydrogen-bond donors (Lipinski definition) is 1. The summed E-state index contributed by atoms with van der Waals surface area (Å²) in [6, 6.07) is 2.72. The van der Waals surface area contributed by atoms with Crippen molar-refractivity contribution in [3.8, 4) is 0 Å². The second-order valence-corrected chi connectivity index (χ2v) is 5.08. The van der Waals surface area contributed by atoms with Crippen molar-refractivity contribution >= 4 is 11.6 Å². The number of aliphatic hydroxyl groups excluding tert-OH is 1. The van der Waals surface area contributed by atoms with Crippen LogP contribution in [0.5, 0.6) is 0 Å². The molecule has 0 aliphatic rings. The van der Waals surface area contributed by atoms with E-state index in [0.717, 1.165) is 6.54 Å². The van der Waals surface area contributed by atoms with Crippen molar-refractivity contribution in [2.45, 2.75) is 12.6 Å². The summed E-state index contributed by atoms with van der Waals surface area (Å²) in [5, 5.41) is 14.7. The number of hydrogen-bond acceptors (Lipinski definition) is 4. The average molecular weight is 299 g/mol. The third-order valence-electron chi connectivity index (χ3n) is 2.90. The van der Waals surface area contributed by atoms with Crippen LogP contribution in [0.3, 0.4) is 0 Å². The lowest BCUT2D eigenvalue weighted by Gasteiger charge is -2.16. The highest BCUT2D eigenvalue weighted by atomic mass is 35.5. The highest BCUT2D eigenvalue weighted by Crippen LogP contribution is 2.28. The van der Waals surface area contributed by atoms with Crippen molar-refractivity contribution in [3.05, 3.63) is 46.8 Å². The Hall–Kier alpha value is -1.50. The topological polar surface area (TPSA) is 54.2 Å². The number of aromatic nitrogens is 3. The fourth-order valence-corrected chi connectivity index (χ4v) is 2.09. The van der Waals surface area contributed by atoms with E-state index in [2.05, 4.69) is 10.1 Å². The standard InChI is InChI=1S/C13H16ClFN4O/c1-18(2)6-7-19-12(9(14)8-17-19)13(20)11-10(15)4-3-5-16-11/h3-5,8,13,20H,6-7H2,1-2H3. The summed E-state index contributed by atoms with van der Waals surface area (Å²) in [7, 11) is 3.86. The maximum Gasteiger partial charge on any atom is 0.147 e. The molecule has 1 atom stereocenters. The molecule has 0 aliphatic carbocycles. The first-order chi connectivity index (χ1) is 9.50. The monoisotopic (exact) mass is 298 g/mol. The summed E-state index contributed by atoms with van der Waals surface area (Å²) in [5.41, 5.74) is 0.298. The Morgan fingerprint density at radius 1 is 1.50 bits per heavy atom. The molecule has 7 heteroatoms. The Bertz CT molecular complexity index is 588. The molecule has 0 fully saturated rings. The molecule has 2 rings (SSSR count). The van der Waals surface area contributed by atoms with Crippen LogP contribution in [-0.4, -0.2) is 45.4 Å².